The van der Waals surface area contributed by atoms with Crippen molar-refractivity contribution in [1.82, 2.24) is 4.90 Å². The number of rotatable bonds is 10. The Morgan fingerprint density at radius 2 is 1.76 bits per heavy atom. The number of amides is 1. The van der Waals surface area contributed by atoms with Crippen LogP contribution in [0.1, 0.15) is 37.9 Å². The fourth-order valence-corrected chi connectivity index (χ4v) is 4.40. The van der Waals surface area contributed by atoms with Crippen LogP contribution in [0.5, 0.6) is 5.75 Å². The van der Waals surface area contributed by atoms with Gasteiger partial charge in [0.1, 0.15) is 11.5 Å². The van der Waals surface area contributed by atoms with Crippen molar-refractivity contribution in [2.75, 3.05) is 44.9 Å². The van der Waals surface area contributed by atoms with Crippen LogP contribution >= 0.6 is 11.6 Å². The van der Waals surface area contributed by atoms with E-state index in [0.717, 1.165) is 18.8 Å². The molecule has 34 heavy (non-hydrogen) atoms. The van der Waals surface area contributed by atoms with E-state index < -0.39 is 17.7 Å². The topological polar surface area (TPSA) is 79.3 Å². The van der Waals surface area contributed by atoms with Crippen molar-refractivity contribution >= 4 is 34.7 Å². The first-order valence-corrected chi connectivity index (χ1v) is 11.8. The molecule has 0 saturated carbocycles. The largest absolute Gasteiger partial charge is 0.507 e. The number of benzene rings is 2. The first-order valence-electron chi connectivity index (χ1n) is 11.4. The van der Waals surface area contributed by atoms with Gasteiger partial charge in [-0.2, -0.15) is 0 Å². The monoisotopic (exact) mass is 486 g/mol. The Balaban J connectivity index is 2.15. The highest BCUT2D eigenvalue weighted by atomic mass is 35.5. The van der Waals surface area contributed by atoms with Crippen molar-refractivity contribution in [3.8, 4) is 5.75 Å². The summed E-state index contributed by atoms with van der Waals surface area (Å²) >= 11 is 6.37. The van der Waals surface area contributed by atoms with Gasteiger partial charge in [0.15, 0.2) is 0 Å². The zero-order valence-corrected chi connectivity index (χ0v) is 20.8. The van der Waals surface area contributed by atoms with Crippen LogP contribution in [0.15, 0.2) is 48.0 Å². The molecule has 0 radical (unpaired) electrons. The van der Waals surface area contributed by atoms with Gasteiger partial charge in [0.25, 0.3) is 11.7 Å². The number of Topliss-reactive ketones (excluding diaryl/α,β-unsaturated/α-hetero) is 1. The van der Waals surface area contributed by atoms with Gasteiger partial charge in [-0.3, -0.25) is 9.59 Å². The summed E-state index contributed by atoms with van der Waals surface area (Å²) in [7, 11) is 1.53. The Labute approximate surface area is 205 Å². The lowest BCUT2D eigenvalue weighted by molar-refractivity contribution is -0.140. The van der Waals surface area contributed by atoms with E-state index in [1.54, 1.807) is 18.2 Å². The minimum absolute atomic E-state index is 0.00718. The van der Waals surface area contributed by atoms with Gasteiger partial charge >= 0.3 is 0 Å². The van der Waals surface area contributed by atoms with Gasteiger partial charge in [-0.15, -0.1) is 0 Å². The second-order valence-corrected chi connectivity index (χ2v) is 8.23. The van der Waals surface area contributed by atoms with Crippen molar-refractivity contribution in [3.63, 3.8) is 0 Å². The van der Waals surface area contributed by atoms with Gasteiger partial charge in [0.2, 0.25) is 0 Å². The summed E-state index contributed by atoms with van der Waals surface area (Å²) in [6, 6.07) is 11.8. The summed E-state index contributed by atoms with van der Waals surface area (Å²) < 4.78 is 10.7. The van der Waals surface area contributed by atoms with Gasteiger partial charge in [-0.05, 0) is 56.7 Å². The zero-order chi connectivity index (χ0) is 24.8. The Bertz CT molecular complexity index is 1060. The second-order valence-electron chi connectivity index (χ2n) is 7.82. The Morgan fingerprint density at radius 3 is 2.35 bits per heavy atom. The van der Waals surface area contributed by atoms with Crippen molar-refractivity contribution in [1.29, 1.82) is 0 Å². The number of methoxy groups -OCH3 is 1. The first kappa shape index (κ1) is 25.6. The maximum atomic E-state index is 13.1. The highest BCUT2D eigenvalue weighted by Gasteiger charge is 2.46. The number of aliphatic hydroxyl groups excluding tert-OH is 1. The fraction of sp³-hybridized carbons (Fsp3) is 0.385. The zero-order valence-electron chi connectivity index (χ0n) is 20.0. The van der Waals surface area contributed by atoms with Gasteiger partial charge < -0.3 is 24.4 Å². The van der Waals surface area contributed by atoms with Crippen LogP contribution in [0.2, 0.25) is 5.02 Å². The van der Waals surface area contributed by atoms with E-state index in [2.05, 4.69) is 18.7 Å². The smallest absolute Gasteiger partial charge is 0.295 e. The summed E-state index contributed by atoms with van der Waals surface area (Å²) in [4.78, 5) is 29.7. The number of aliphatic hydroxyl groups is 1. The van der Waals surface area contributed by atoms with E-state index in [-0.39, 0.29) is 35.1 Å². The summed E-state index contributed by atoms with van der Waals surface area (Å²) in [5.74, 6) is -1.28. The number of ketones is 1. The van der Waals surface area contributed by atoms with Crippen LogP contribution in [0, 0.1) is 0 Å². The molecule has 1 heterocycles. The van der Waals surface area contributed by atoms with Crippen LogP contribution in [0.4, 0.5) is 5.69 Å². The standard InChI is InChI=1S/C26H31ClN2O5/c1-5-28(6-2)18-10-8-17(9-11-18)23-22(25(31)26(32)29(23)14-15-33-4)24(30)20-16-19(34-7-3)12-13-21(20)27/h8-13,16,23,30H,5-7,14-15H2,1-4H3/b24-22+. The maximum absolute atomic E-state index is 13.1. The van der Waals surface area contributed by atoms with Crippen LogP contribution in [-0.2, 0) is 14.3 Å². The highest BCUT2D eigenvalue weighted by Crippen LogP contribution is 2.41. The lowest BCUT2D eigenvalue weighted by atomic mass is 9.95. The van der Waals surface area contributed by atoms with E-state index in [1.165, 1.54) is 12.0 Å². The maximum Gasteiger partial charge on any atom is 0.295 e. The third kappa shape index (κ3) is 5.05. The minimum Gasteiger partial charge on any atom is -0.507 e. The molecule has 1 atom stereocenters. The third-order valence-electron chi connectivity index (χ3n) is 5.92. The molecule has 1 unspecified atom stereocenters. The van der Waals surface area contributed by atoms with Gasteiger partial charge in [-0.25, -0.2) is 0 Å². The van der Waals surface area contributed by atoms with Gasteiger partial charge in [0.05, 0.1) is 29.9 Å². The summed E-state index contributed by atoms with van der Waals surface area (Å²) in [5.41, 5.74) is 1.98. The lowest BCUT2D eigenvalue weighted by Gasteiger charge is -2.26. The fourth-order valence-electron chi connectivity index (χ4n) is 4.19. The number of halogens is 1. The van der Waals surface area contributed by atoms with Crippen molar-refractivity contribution in [3.05, 3.63) is 64.2 Å². The number of hydrogen-bond donors (Lipinski definition) is 1. The number of ether oxygens (including phenoxy) is 2. The average Bonchev–Trinajstić information content (AvgIpc) is 3.09. The van der Waals surface area contributed by atoms with E-state index >= 15 is 0 Å². The minimum atomic E-state index is -0.771. The molecule has 1 fully saturated rings. The molecule has 2 aromatic carbocycles. The van der Waals surface area contributed by atoms with Crippen LogP contribution in [0.3, 0.4) is 0 Å². The summed E-state index contributed by atoms with van der Waals surface area (Å²) in [6.07, 6.45) is 0. The molecular weight excluding hydrogens is 456 g/mol. The van der Waals surface area contributed by atoms with Crippen LogP contribution < -0.4 is 9.64 Å². The molecule has 7 nitrogen and oxygen atoms in total. The van der Waals surface area contributed by atoms with Gasteiger partial charge in [-0.1, -0.05) is 23.7 Å². The number of likely N-dealkylation sites (tertiary alicyclic amines) is 1. The molecule has 0 aliphatic carbocycles. The molecular formula is C26H31ClN2O5. The molecule has 182 valence electrons. The normalized spacial score (nSPS) is 17.3. The molecule has 1 aliphatic rings. The van der Waals surface area contributed by atoms with Crippen LogP contribution in [0.25, 0.3) is 5.76 Å². The molecule has 0 aromatic heterocycles. The molecule has 3 rings (SSSR count). The number of anilines is 1. The van der Waals surface area contributed by atoms with Crippen molar-refractivity contribution < 1.29 is 24.2 Å². The number of carbonyl (C=O) groups excluding carboxylic acids is 2. The SMILES string of the molecule is CCOc1ccc(Cl)c(/C(O)=C2\C(=O)C(=O)N(CCOC)C2c2ccc(N(CC)CC)cc2)c1. The van der Waals surface area contributed by atoms with E-state index in [9.17, 15) is 14.7 Å². The average molecular weight is 487 g/mol. The Kier molecular flexibility index (Phi) is 8.58. The molecule has 8 heteroatoms. The number of carbonyl (C=O) groups is 2. The first-order chi connectivity index (χ1) is 16.4. The Morgan fingerprint density at radius 1 is 1.09 bits per heavy atom. The van der Waals surface area contributed by atoms with Crippen LogP contribution in [-0.4, -0.2) is 61.7 Å². The molecule has 1 saturated heterocycles. The highest BCUT2D eigenvalue weighted by molar-refractivity contribution is 6.47. The Hall–Kier alpha value is -3.03. The predicted octanol–water partition coefficient (Wildman–Crippen LogP) is 4.65. The molecule has 1 N–H and O–H groups in total. The quantitative estimate of drug-likeness (QED) is 0.299. The third-order valence-corrected chi connectivity index (χ3v) is 6.25. The number of hydrogen-bond acceptors (Lipinski definition) is 6. The second kappa shape index (κ2) is 11.4. The van der Waals surface area contributed by atoms with Crippen molar-refractivity contribution in [2.45, 2.75) is 26.8 Å². The predicted molar refractivity (Wildman–Crippen MR) is 134 cm³/mol. The molecule has 2 aromatic rings. The molecule has 1 amide bonds. The lowest BCUT2D eigenvalue weighted by Crippen LogP contribution is -2.32. The summed E-state index contributed by atoms with van der Waals surface area (Å²) in [5, 5.41) is 11.5. The van der Waals surface area contributed by atoms with E-state index in [0.29, 0.717) is 17.9 Å². The van der Waals surface area contributed by atoms with Gasteiger partial charge in [0, 0.05) is 38.0 Å². The molecule has 0 bridgehead atoms. The van der Waals surface area contributed by atoms with E-state index in [4.69, 9.17) is 21.1 Å². The number of nitrogens with zero attached hydrogens (tertiary/aromatic N) is 2. The molecule has 0 spiro atoms. The molecule has 1 aliphatic heterocycles. The van der Waals surface area contributed by atoms with Crippen molar-refractivity contribution in [2.24, 2.45) is 0 Å². The van der Waals surface area contributed by atoms with E-state index in [1.807, 2.05) is 31.2 Å². The summed E-state index contributed by atoms with van der Waals surface area (Å²) in [6.45, 7) is 8.61.